The predicted octanol–water partition coefficient (Wildman–Crippen LogP) is 5.08. The fourth-order valence-electron chi connectivity index (χ4n) is 6.42. The zero-order valence-corrected chi connectivity index (χ0v) is 22.3. The summed E-state index contributed by atoms with van der Waals surface area (Å²) in [7, 11) is 4.73. The standard InChI is InChI=1S/C31H28N2O7/c1-35-24-10-17(11-25(36-2)30(24)37-3)26-18-12-22-23(40-15-39-22)13-19(18)29(20-14-38-31(34)27(20)26)33-21-8-4-6-16-7-5-9-32-28(16)21/h4-13,20,26-27,29,33H,14-15H2,1-3H3/t20-,26+,27-,29+/m0/s1. The second kappa shape index (κ2) is 9.51. The highest BCUT2D eigenvalue weighted by molar-refractivity contribution is 5.90. The van der Waals surface area contributed by atoms with Gasteiger partial charge in [0.05, 0.1) is 51.1 Å². The van der Waals surface area contributed by atoms with Gasteiger partial charge in [-0.05, 0) is 53.1 Å². The van der Waals surface area contributed by atoms with Crippen molar-refractivity contribution in [3.8, 4) is 28.7 Å². The third-order valence-corrected chi connectivity index (χ3v) is 8.18. The average Bonchev–Trinajstić information content (AvgIpc) is 3.61. The number of pyridine rings is 1. The Hall–Kier alpha value is -4.66. The smallest absolute Gasteiger partial charge is 0.310 e. The summed E-state index contributed by atoms with van der Waals surface area (Å²) in [6, 6.07) is 17.6. The number of hydrogen-bond acceptors (Lipinski definition) is 9. The minimum atomic E-state index is -0.462. The van der Waals surface area contributed by atoms with Gasteiger partial charge in [-0.1, -0.05) is 18.2 Å². The number of carbonyl (C=O) groups excluding carboxylic acids is 1. The molecule has 0 amide bonds. The van der Waals surface area contributed by atoms with E-state index in [2.05, 4.69) is 10.3 Å². The Morgan fingerprint density at radius 1 is 0.875 bits per heavy atom. The van der Waals surface area contributed by atoms with Crippen molar-refractivity contribution in [2.24, 2.45) is 11.8 Å². The highest BCUT2D eigenvalue weighted by atomic mass is 16.7. The summed E-state index contributed by atoms with van der Waals surface area (Å²) in [5.41, 5.74) is 4.56. The van der Waals surface area contributed by atoms with Gasteiger partial charge in [-0.3, -0.25) is 9.78 Å². The third kappa shape index (κ3) is 3.68. The van der Waals surface area contributed by atoms with Crippen LogP contribution in [0.4, 0.5) is 5.69 Å². The van der Waals surface area contributed by atoms with Crippen LogP contribution in [0, 0.1) is 11.8 Å². The van der Waals surface area contributed by atoms with Crippen molar-refractivity contribution < 1.29 is 33.2 Å². The number of nitrogens with zero attached hydrogens (tertiary/aromatic N) is 1. The number of methoxy groups -OCH3 is 3. The Kier molecular flexibility index (Phi) is 5.80. The molecule has 0 saturated carbocycles. The van der Waals surface area contributed by atoms with Crippen LogP contribution in [0.25, 0.3) is 10.9 Å². The number of ether oxygens (including phenoxy) is 6. The summed E-state index contributed by atoms with van der Waals surface area (Å²) in [4.78, 5) is 18.1. The molecule has 2 aliphatic heterocycles. The lowest BCUT2D eigenvalue weighted by Gasteiger charge is -2.40. The molecule has 40 heavy (non-hydrogen) atoms. The van der Waals surface area contributed by atoms with E-state index in [1.807, 2.05) is 54.6 Å². The largest absolute Gasteiger partial charge is 0.493 e. The Balaban J connectivity index is 1.43. The molecule has 1 saturated heterocycles. The molecule has 0 bridgehead atoms. The van der Waals surface area contributed by atoms with Gasteiger partial charge in [0.2, 0.25) is 12.5 Å². The Bertz CT molecular complexity index is 1610. The number of rotatable bonds is 6. The Labute approximate surface area is 230 Å². The van der Waals surface area contributed by atoms with Gasteiger partial charge in [0.25, 0.3) is 0 Å². The van der Waals surface area contributed by atoms with Crippen LogP contribution in [0.1, 0.15) is 28.7 Å². The first-order chi connectivity index (χ1) is 19.6. The predicted molar refractivity (Wildman–Crippen MR) is 147 cm³/mol. The van der Waals surface area contributed by atoms with E-state index in [1.165, 1.54) is 0 Å². The number of carbonyl (C=O) groups is 1. The fraction of sp³-hybridized carbons (Fsp3) is 0.290. The van der Waals surface area contributed by atoms with Crippen LogP contribution in [0.5, 0.6) is 28.7 Å². The molecule has 0 radical (unpaired) electrons. The molecule has 1 N–H and O–H groups in total. The quantitative estimate of drug-likeness (QED) is 0.336. The van der Waals surface area contributed by atoms with Gasteiger partial charge in [0.1, 0.15) is 0 Å². The van der Waals surface area contributed by atoms with Crippen LogP contribution < -0.4 is 29.0 Å². The van der Waals surface area contributed by atoms with Gasteiger partial charge in [-0.2, -0.15) is 0 Å². The molecule has 3 aromatic carbocycles. The van der Waals surface area contributed by atoms with Gasteiger partial charge in [0.15, 0.2) is 23.0 Å². The molecule has 1 aliphatic carbocycles. The van der Waals surface area contributed by atoms with E-state index in [4.69, 9.17) is 28.4 Å². The summed E-state index contributed by atoms with van der Waals surface area (Å²) in [6.07, 6.45) is 1.78. The number of nitrogens with one attached hydrogen (secondary N) is 1. The van der Waals surface area contributed by atoms with E-state index in [1.54, 1.807) is 27.5 Å². The number of hydrogen-bond donors (Lipinski definition) is 1. The van der Waals surface area contributed by atoms with E-state index in [-0.39, 0.29) is 37.2 Å². The summed E-state index contributed by atoms with van der Waals surface area (Å²) >= 11 is 0. The molecule has 3 heterocycles. The number of fused-ring (bicyclic) bond motifs is 4. The molecule has 0 spiro atoms. The van der Waals surface area contributed by atoms with Crippen LogP contribution in [-0.2, 0) is 9.53 Å². The molecular weight excluding hydrogens is 512 g/mol. The summed E-state index contributed by atoms with van der Waals surface area (Å²) in [5.74, 6) is 1.63. The van der Waals surface area contributed by atoms with Crippen molar-refractivity contribution in [3.05, 3.63) is 77.5 Å². The molecule has 3 aliphatic rings. The zero-order valence-electron chi connectivity index (χ0n) is 22.3. The van der Waals surface area contributed by atoms with Crippen LogP contribution in [0.3, 0.4) is 0 Å². The number of aromatic nitrogens is 1. The monoisotopic (exact) mass is 540 g/mol. The maximum atomic E-state index is 13.5. The van der Waals surface area contributed by atoms with Crippen molar-refractivity contribution in [1.82, 2.24) is 4.98 Å². The second-order valence-corrected chi connectivity index (χ2v) is 10.1. The first-order valence-electron chi connectivity index (χ1n) is 13.1. The van der Waals surface area contributed by atoms with Crippen LogP contribution in [0.2, 0.25) is 0 Å². The first kappa shape index (κ1) is 24.4. The molecule has 9 nitrogen and oxygen atoms in total. The molecule has 1 aromatic heterocycles. The van der Waals surface area contributed by atoms with Crippen molar-refractivity contribution in [3.63, 3.8) is 0 Å². The molecule has 9 heteroatoms. The minimum Gasteiger partial charge on any atom is -0.493 e. The third-order valence-electron chi connectivity index (χ3n) is 8.18. The molecule has 7 rings (SSSR count). The first-order valence-corrected chi connectivity index (χ1v) is 13.1. The van der Waals surface area contributed by atoms with Crippen molar-refractivity contribution in [2.45, 2.75) is 12.0 Å². The normalized spacial score (nSPS) is 22.3. The number of cyclic esters (lactones) is 1. The van der Waals surface area contributed by atoms with E-state index < -0.39 is 5.92 Å². The molecule has 4 aromatic rings. The summed E-state index contributed by atoms with van der Waals surface area (Å²) in [5, 5.41) is 4.77. The summed E-state index contributed by atoms with van der Waals surface area (Å²) < 4.78 is 34.2. The van der Waals surface area contributed by atoms with Gasteiger partial charge >= 0.3 is 5.97 Å². The molecule has 4 atom stereocenters. The second-order valence-electron chi connectivity index (χ2n) is 10.1. The lowest BCUT2D eigenvalue weighted by atomic mass is 9.65. The van der Waals surface area contributed by atoms with Crippen LogP contribution in [-0.4, -0.2) is 45.7 Å². The van der Waals surface area contributed by atoms with E-state index in [0.717, 1.165) is 33.3 Å². The molecule has 204 valence electrons. The van der Waals surface area contributed by atoms with E-state index in [9.17, 15) is 4.79 Å². The van der Waals surface area contributed by atoms with Crippen molar-refractivity contribution >= 4 is 22.6 Å². The van der Waals surface area contributed by atoms with Crippen LogP contribution >= 0.6 is 0 Å². The topological polar surface area (TPSA) is 97.4 Å². The maximum absolute atomic E-state index is 13.5. The number of esters is 1. The Morgan fingerprint density at radius 2 is 1.60 bits per heavy atom. The minimum absolute atomic E-state index is 0.146. The maximum Gasteiger partial charge on any atom is 0.310 e. The van der Waals surface area contributed by atoms with E-state index in [0.29, 0.717) is 28.7 Å². The zero-order chi connectivity index (χ0) is 27.4. The number of benzene rings is 3. The fourth-order valence-corrected chi connectivity index (χ4v) is 6.42. The van der Waals surface area contributed by atoms with Gasteiger partial charge in [-0.25, -0.2) is 0 Å². The van der Waals surface area contributed by atoms with Crippen molar-refractivity contribution in [2.75, 3.05) is 40.0 Å². The van der Waals surface area contributed by atoms with Gasteiger partial charge < -0.3 is 33.7 Å². The number of anilines is 1. The molecule has 0 unspecified atom stereocenters. The van der Waals surface area contributed by atoms with Crippen molar-refractivity contribution in [1.29, 1.82) is 0 Å². The lowest BCUT2D eigenvalue weighted by Crippen LogP contribution is -2.37. The number of para-hydroxylation sites is 1. The van der Waals surface area contributed by atoms with Gasteiger partial charge in [0, 0.05) is 23.4 Å². The lowest BCUT2D eigenvalue weighted by molar-refractivity contribution is -0.141. The molecular formula is C31H28N2O7. The Morgan fingerprint density at radius 3 is 2.33 bits per heavy atom. The highest BCUT2D eigenvalue weighted by Gasteiger charge is 2.53. The average molecular weight is 541 g/mol. The SMILES string of the molecule is COc1cc([C@@H]2c3cc4c(cc3[C@@H](Nc3cccc5cccnc35)[C@H]3COC(=O)[C@H]23)OCO4)cc(OC)c1OC. The molecule has 1 fully saturated rings. The van der Waals surface area contributed by atoms with Crippen LogP contribution in [0.15, 0.2) is 60.8 Å². The van der Waals surface area contributed by atoms with Gasteiger partial charge in [-0.15, -0.1) is 0 Å². The van der Waals surface area contributed by atoms with E-state index >= 15 is 0 Å². The summed E-state index contributed by atoms with van der Waals surface area (Å²) in [6.45, 7) is 0.432. The highest BCUT2D eigenvalue weighted by Crippen LogP contribution is 2.56.